The molecule has 1 N–H and O–H groups in total. The molecule has 1 aromatic rings. The molecule has 72 valence electrons. The van der Waals surface area contributed by atoms with Gasteiger partial charge in [0.1, 0.15) is 0 Å². The summed E-state index contributed by atoms with van der Waals surface area (Å²) in [5.41, 5.74) is 2.79. The van der Waals surface area contributed by atoms with Crippen LogP contribution in [-0.4, -0.2) is 11.2 Å². The van der Waals surface area contributed by atoms with Crippen molar-refractivity contribution in [1.29, 1.82) is 0 Å². The van der Waals surface area contributed by atoms with Gasteiger partial charge in [-0.2, -0.15) is 0 Å². The van der Waals surface area contributed by atoms with Crippen molar-refractivity contribution in [2.75, 3.05) is 0 Å². The maximum Gasteiger partial charge on any atom is 0.0789 e. The van der Waals surface area contributed by atoms with Crippen LogP contribution in [0.1, 0.15) is 35.8 Å². The third-order valence-corrected chi connectivity index (χ3v) is 3.54. The van der Waals surface area contributed by atoms with Crippen LogP contribution < -0.4 is 0 Å². The second kappa shape index (κ2) is 2.96. The molecule has 3 aliphatic rings. The zero-order chi connectivity index (χ0) is 9.54. The first-order valence-corrected chi connectivity index (χ1v) is 5.31. The Bertz CT molecular complexity index is 381. The molecule has 0 aromatic heterocycles. The number of aliphatic hydroxyl groups excluding tert-OH is 1. The van der Waals surface area contributed by atoms with Gasteiger partial charge >= 0.3 is 0 Å². The molecule has 1 nitrogen and oxygen atoms in total. The van der Waals surface area contributed by atoms with Crippen LogP contribution in [0.3, 0.4) is 0 Å². The van der Waals surface area contributed by atoms with Crippen LogP contribution in [-0.2, 0) is 0 Å². The molecular weight excluding hydrogens is 172 g/mol. The van der Waals surface area contributed by atoms with Gasteiger partial charge in [0.15, 0.2) is 0 Å². The SMILES string of the molecule is OC1C=CC2CCC1c1ccccc12. The van der Waals surface area contributed by atoms with E-state index in [0.29, 0.717) is 11.8 Å². The van der Waals surface area contributed by atoms with E-state index in [9.17, 15) is 5.11 Å². The highest BCUT2D eigenvalue weighted by atomic mass is 16.3. The summed E-state index contributed by atoms with van der Waals surface area (Å²) in [5.74, 6) is 0.876. The Morgan fingerprint density at radius 1 is 1.00 bits per heavy atom. The molecule has 0 saturated heterocycles. The average molecular weight is 186 g/mol. The molecule has 0 radical (unpaired) electrons. The molecular formula is C13H14O. The van der Waals surface area contributed by atoms with Gasteiger partial charge in [0.25, 0.3) is 0 Å². The maximum absolute atomic E-state index is 9.94. The Hall–Kier alpha value is -1.08. The van der Waals surface area contributed by atoms with E-state index in [-0.39, 0.29) is 6.10 Å². The van der Waals surface area contributed by atoms with Gasteiger partial charge in [-0.1, -0.05) is 36.4 Å². The van der Waals surface area contributed by atoms with Crippen molar-refractivity contribution in [2.45, 2.75) is 30.8 Å². The van der Waals surface area contributed by atoms with Gasteiger partial charge in [-0.3, -0.25) is 0 Å². The number of rotatable bonds is 0. The van der Waals surface area contributed by atoms with Gasteiger partial charge in [0.05, 0.1) is 6.10 Å². The predicted molar refractivity (Wildman–Crippen MR) is 56.3 cm³/mol. The lowest BCUT2D eigenvalue weighted by Crippen LogP contribution is -2.19. The normalized spacial score (nSPS) is 33.9. The van der Waals surface area contributed by atoms with Gasteiger partial charge in [-0.25, -0.2) is 0 Å². The topological polar surface area (TPSA) is 20.2 Å². The van der Waals surface area contributed by atoms with Gasteiger partial charge < -0.3 is 5.11 Å². The lowest BCUT2D eigenvalue weighted by molar-refractivity contribution is 0.183. The highest BCUT2D eigenvalue weighted by Crippen LogP contribution is 2.43. The summed E-state index contributed by atoms with van der Waals surface area (Å²) in [5, 5.41) is 9.94. The molecule has 0 aliphatic heterocycles. The van der Waals surface area contributed by atoms with Crippen LogP contribution >= 0.6 is 0 Å². The molecule has 3 unspecified atom stereocenters. The molecule has 0 fully saturated rings. The van der Waals surface area contributed by atoms with Crippen molar-refractivity contribution in [3.8, 4) is 0 Å². The molecule has 3 atom stereocenters. The third-order valence-electron chi connectivity index (χ3n) is 3.54. The second-order valence-electron chi connectivity index (χ2n) is 4.29. The second-order valence-corrected chi connectivity index (χ2v) is 4.29. The van der Waals surface area contributed by atoms with Crippen molar-refractivity contribution >= 4 is 0 Å². The molecule has 0 heterocycles. The fraction of sp³-hybridized carbons (Fsp3) is 0.385. The Labute approximate surface area is 84.1 Å². The fourth-order valence-electron chi connectivity index (χ4n) is 2.79. The van der Waals surface area contributed by atoms with Crippen LogP contribution in [0, 0.1) is 0 Å². The number of hydrogen-bond donors (Lipinski definition) is 1. The minimum Gasteiger partial charge on any atom is -0.388 e. The number of benzene rings is 1. The number of hydrogen-bond acceptors (Lipinski definition) is 1. The number of fused-ring (bicyclic) bond motifs is 2. The van der Waals surface area contributed by atoms with E-state index in [1.54, 1.807) is 0 Å². The minimum absolute atomic E-state index is 0.274. The molecule has 2 bridgehead atoms. The summed E-state index contributed by atoms with van der Waals surface area (Å²) in [4.78, 5) is 0. The van der Waals surface area contributed by atoms with E-state index in [1.807, 2.05) is 6.08 Å². The average Bonchev–Trinajstić information content (AvgIpc) is 2.49. The predicted octanol–water partition coefficient (Wildman–Crippen LogP) is 2.58. The van der Waals surface area contributed by atoms with Crippen LogP contribution in [0.5, 0.6) is 0 Å². The van der Waals surface area contributed by atoms with Crippen LogP contribution in [0.4, 0.5) is 0 Å². The molecule has 14 heavy (non-hydrogen) atoms. The lowest BCUT2D eigenvalue weighted by Gasteiger charge is -2.28. The van der Waals surface area contributed by atoms with Gasteiger partial charge in [-0.15, -0.1) is 0 Å². The van der Waals surface area contributed by atoms with E-state index in [1.165, 1.54) is 17.5 Å². The Kier molecular flexibility index (Phi) is 1.74. The maximum atomic E-state index is 9.94. The van der Waals surface area contributed by atoms with Gasteiger partial charge in [0.2, 0.25) is 0 Å². The summed E-state index contributed by atoms with van der Waals surface area (Å²) < 4.78 is 0. The van der Waals surface area contributed by atoms with Crippen molar-refractivity contribution in [2.24, 2.45) is 0 Å². The molecule has 3 aliphatic carbocycles. The van der Waals surface area contributed by atoms with Crippen LogP contribution in [0.25, 0.3) is 0 Å². The highest BCUT2D eigenvalue weighted by Gasteiger charge is 2.31. The van der Waals surface area contributed by atoms with E-state index in [2.05, 4.69) is 30.3 Å². The number of aliphatic hydroxyl groups is 1. The molecule has 4 rings (SSSR count). The summed E-state index contributed by atoms with van der Waals surface area (Å²) in [7, 11) is 0. The minimum atomic E-state index is -0.274. The summed E-state index contributed by atoms with van der Waals surface area (Å²) in [6.45, 7) is 0. The van der Waals surface area contributed by atoms with E-state index in [0.717, 1.165) is 6.42 Å². The smallest absolute Gasteiger partial charge is 0.0789 e. The van der Waals surface area contributed by atoms with Crippen molar-refractivity contribution < 1.29 is 5.11 Å². The standard InChI is InChI=1S/C13H14O/c14-13-8-6-9-5-7-12(13)11-4-2-1-3-10(9)11/h1-4,6,8-9,12-14H,5,7H2. The Balaban J connectivity index is 2.20. The first-order chi connectivity index (χ1) is 6.86. The zero-order valence-electron chi connectivity index (χ0n) is 8.06. The monoisotopic (exact) mass is 186 g/mol. The molecule has 0 saturated carbocycles. The highest BCUT2D eigenvalue weighted by molar-refractivity contribution is 5.41. The molecule has 1 heteroatoms. The first-order valence-electron chi connectivity index (χ1n) is 5.31. The summed E-state index contributed by atoms with van der Waals surface area (Å²) in [6.07, 6.45) is 6.19. The van der Waals surface area contributed by atoms with Gasteiger partial charge in [0, 0.05) is 11.8 Å². The quantitative estimate of drug-likeness (QED) is 0.617. The van der Waals surface area contributed by atoms with Crippen molar-refractivity contribution in [1.82, 2.24) is 0 Å². The zero-order valence-corrected chi connectivity index (χ0v) is 8.06. The first kappa shape index (κ1) is 8.25. The Morgan fingerprint density at radius 2 is 1.79 bits per heavy atom. The third kappa shape index (κ3) is 1.05. The van der Waals surface area contributed by atoms with Crippen LogP contribution in [0.2, 0.25) is 0 Å². The van der Waals surface area contributed by atoms with Crippen molar-refractivity contribution in [3.63, 3.8) is 0 Å². The fourth-order valence-corrected chi connectivity index (χ4v) is 2.79. The van der Waals surface area contributed by atoms with E-state index in [4.69, 9.17) is 0 Å². The van der Waals surface area contributed by atoms with E-state index >= 15 is 0 Å². The lowest BCUT2D eigenvalue weighted by atomic mass is 9.77. The summed E-state index contributed by atoms with van der Waals surface area (Å²) >= 11 is 0. The molecule has 0 spiro atoms. The van der Waals surface area contributed by atoms with Crippen LogP contribution in [0.15, 0.2) is 36.4 Å². The molecule has 0 amide bonds. The van der Waals surface area contributed by atoms with Crippen molar-refractivity contribution in [3.05, 3.63) is 47.5 Å². The Morgan fingerprint density at radius 3 is 2.64 bits per heavy atom. The molecule has 1 aromatic carbocycles. The number of allylic oxidation sites excluding steroid dienone is 1. The van der Waals surface area contributed by atoms with Gasteiger partial charge in [-0.05, 0) is 24.0 Å². The van der Waals surface area contributed by atoms with E-state index < -0.39 is 0 Å². The largest absolute Gasteiger partial charge is 0.388 e. The summed E-state index contributed by atoms with van der Waals surface area (Å²) in [6, 6.07) is 8.54.